The van der Waals surface area contributed by atoms with Crippen LogP contribution in [0, 0.1) is 10.1 Å². The number of hydrogen-bond acceptors (Lipinski definition) is 4. The molecule has 1 N–H and O–H groups in total. The summed E-state index contributed by atoms with van der Waals surface area (Å²) in [5.41, 5.74) is -0.409. The summed E-state index contributed by atoms with van der Waals surface area (Å²) >= 11 is 5.71. The molecule has 8 heteroatoms. The van der Waals surface area contributed by atoms with Crippen LogP contribution in [-0.4, -0.2) is 19.9 Å². The first-order valence-corrected chi connectivity index (χ1v) is 11.2. The van der Waals surface area contributed by atoms with Crippen molar-refractivity contribution in [2.45, 2.75) is 76.0 Å². The van der Waals surface area contributed by atoms with E-state index in [-0.39, 0.29) is 9.92 Å². The molecule has 0 atom stereocenters. The summed E-state index contributed by atoms with van der Waals surface area (Å²) in [5, 5.41) is 10.8. The van der Waals surface area contributed by atoms with Gasteiger partial charge in [-0.3, -0.25) is 10.1 Å². The summed E-state index contributed by atoms with van der Waals surface area (Å²) in [4.78, 5) is 10.0. The van der Waals surface area contributed by atoms with E-state index in [1.807, 2.05) is 0 Å². The van der Waals surface area contributed by atoms with Crippen molar-refractivity contribution in [3.8, 4) is 0 Å². The normalized spacial score (nSPS) is 11.6. The van der Waals surface area contributed by atoms with Crippen LogP contribution in [0.15, 0.2) is 23.1 Å². The van der Waals surface area contributed by atoms with Gasteiger partial charge in [0.1, 0.15) is 5.02 Å². The molecule has 0 bridgehead atoms. The molecule has 0 aliphatic carbocycles. The van der Waals surface area contributed by atoms with Crippen LogP contribution in [0.25, 0.3) is 0 Å². The molecule has 6 nitrogen and oxygen atoms in total. The first-order valence-electron chi connectivity index (χ1n) is 9.32. The van der Waals surface area contributed by atoms with E-state index in [9.17, 15) is 18.5 Å². The lowest BCUT2D eigenvalue weighted by molar-refractivity contribution is -0.384. The Morgan fingerprint density at radius 2 is 1.54 bits per heavy atom. The van der Waals surface area contributed by atoms with Gasteiger partial charge < -0.3 is 0 Å². The van der Waals surface area contributed by atoms with Crippen molar-refractivity contribution in [3.05, 3.63) is 33.3 Å². The second-order valence-electron chi connectivity index (χ2n) is 6.45. The second kappa shape index (κ2) is 12.3. The summed E-state index contributed by atoms with van der Waals surface area (Å²) in [6.07, 6.45) is 11.7. The molecule has 1 rings (SSSR count). The van der Waals surface area contributed by atoms with Gasteiger partial charge in [-0.05, 0) is 18.6 Å². The molecule has 0 amide bonds. The molecule has 148 valence electrons. The Balaban J connectivity index is 2.26. The summed E-state index contributed by atoms with van der Waals surface area (Å²) < 4.78 is 26.9. The number of rotatable bonds is 14. The number of sulfonamides is 1. The van der Waals surface area contributed by atoms with E-state index in [1.54, 1.807) is 0 Å². The molecular weight excluding hydrogens is 376 g/mol. The molecule has 1 aromatic carbocycles. The molecule has 0 aliphatic rings. The van der Waals surface area contributed by atoms with Gasteiger partial charge in [0.2, 0.25) is 10.0 Å². The first kappa shape index (κ1) is 22.9. The highest BCUT2D eigenvalue weighted by Gasteiger charge is 2.20. The Morgan fingerprint density at radius 1 is 1.00 bits per heavy atom. The molecule has 0 aromatic heterocycles. The number of nitrogens with one attached hydrogen (secondary N) is 1. The fourth-order valence-electron chi connectivity index (χ4n) is 2.70. The molecule has 0 unspecified atom stereocenters. The van der Waals surface area contributed by atoms with Gasteiger partial charge in [0.25, 0.3) is 5.69 Å². The third-order valence-corrected chi connectivity index (χ3v) is 6.03. The molecule has 1 aromatic rings. The maximum Gasteiger partial charge on any atom is 0.289 e. The Labute approximate surface area is 161 Å². The highest BCUT2D eigenvalue weighted by molar-refractivity contribution is 7.89. The van der Waals surface area contributed by atoms with E-state index in [0.717, 1.165) is 25.3 Å². The maximum absolute atomic E-state index is 12.2. The fraction of sp³-hybridized carbons (Fsp3) is 0.667. The zero-order valence-electron chi connectivity index (χ0n) is 15.4. The average Bonchev–Trinajstić information content (AvgIpc) is 2.59. The molecule has 0 radical (unpaired) electrons. The van der Waals surface area contributed by atoms with E-state index < -0.39 is 20.6 Å². The topological polar surface area (TPSA) is 89.3 Å². The van der Waals surface area contributed by atoms with Crippen LogP contribution in [-0.2, 0) is 10.0 Å². The Morgan fingerprint density at radius 3 is 2.08 bits per heavy atom. The van der Waals surface area contributed by atoms with Crippen LogP contribution in [0.3, 0.4) is 0 Å². The lowest BCUT2D eigenvalue weighted by atomic mass is 10.1. The van der Waals surface area contributed by atoms with Gasteiger partial charge in [-0.2, -0.15) is 0 Å². The number of nitro benzene ring substituents is 1. The van der Waals surface area contributed by atoms with Crippen molar-refractivity contribution in [2.75, 3.05) is 6.54 Å². The molecule has 0 aliphatic heterocycles. The highest BCUT2D eigenvalue weighted by atomic mass is 35.5. The van der Waals surface area contributed by atoms with Gasteiger partial charge in [-0.15, -0.1) is 0 Å². The molecule has 0 saturated carbocycles. The summed E-state index contributed by atoms with van der Waals surface area (Å²) in [6, 6.07) is 3.49. The van der Waals surface area contributed by atoms with E-state index in [2.05, 4.69) is 11.6 Å². The van der Waals surface area contributed by atoms with Crippen LogP contribution >= 0.6 is 11.6 Å². The van der Waals surface area contributed by atoms with Crippen LogP contribution in [0.2, 0.25) is 5.02 Å². The van der Waals surface area contributed by atoms with Gasteiger partial charge >= 0.3 is 0 Å². The zero-order chi connectivity index (χ0) is 19.4. The minimum absolute atomic E-state index is 0.0800. The van der Waals surface area contributed by atoms with Crippen molar-refractivity contribution in [3.63, 3.8) is 0 Å². The number of nitrogens with zero attached hydrogens (tertiary/aromatic N) is 1. The number of nitro groups is 1. The van der Waals surface area contributed by atoms with E-state index in [1.165, 1.54) is 57.1 Å². The third-order valence-electron chi connectivity index (χ3n) is 4.25. The van der Waals surface area contributed by atoms with Gasteiger partial charge in [-0.1, -0.05) is 76.3 Å². The van der Waals surface area contributed by atoms with E-state index in [4.69, 9.17) is 11.6 Å². The van der Waals surface area contributed by atoms with Crippen molar-refractivity contribution < 1.29 is 13.3 Å². The SMILES string of the molecule is CCCCCCCCCCCCNS(=O)(=O)c1ccc(Cl)c([N+](=O)[O-])c1. The number of hydrogen-bond donors (Lipinski definition) is 1. The van der Waals surface area contributed by atoms with Crippen LogP contribution in [0.5, 0.6) is 0 Å². The smallest absolute Gasteiger partial charge is 0.258 e. The van der Waals surface area contributed by atoms with Crippen molar-refractivity contribution >= 4 is 27.3 Å². The standard InChI is InChI=1S/C18H29ClN2O4S/c1-2-3-4-5-6-7-8-9-10-11-14-20-26(24,25)16-12-13-17(19)18(15-16)21(22)23/h12-13,15,20H,2-11,14H2,1H3. The summed E-state index contributed by atoms with van der Waals surface area (Å²) in [7, 11) is -3.76. The average molecular weight is 405 g/mol. The lowest BCUT2D eigenvalue weighted by Gasteiger charge is -2.07. The molecule has 0 saturated heterocycles. The molecule has 0 heterocycles. The van der Waals surface area contributed by atoms with Crippen LogP contribution in [0.1, 0.15) is 71.1 Å². The predicted octanol–water partition coefficient (Wildman–Crippen LogP) is 5.45. The third kappa shape index (κ3) is 8.47. The van der Waals surface area contributed by atoms with Crippen molar-refractivity contribution in [1.82, 2.24) is 4.72 Å². The Hall–Kier alpha value is -1.18. The largest absolute Gasteiger partial charge is 0.289 e. The number of halogens is 1. The van der Waals surface area contributed by atoms with E-state index >= 15 is 0 Å². The highest BCUT2D eigenvalue weighted by Crippen LogP contribution is 2.26. The minimum Gasteiger partial charge on any atom is -0.258 e. The van der Waals surface area contributed by atoms with E-state index in [0.29, 0.717) is 6.54 Å². The van der Waals surface area contributed by atoms with Gasteiger partial charge in [0.15, 0.2) is 0 Å². The zero-order valence-corrected chi connectivity index (χ0v) is 16.9. The van der Waals surface area contributed by atoms with Crippen LogP contribution < -0.4 is 4.72 Å². The molecule has 26 heavy (non-hydrogen) atoms. The maximum atomic E-state index is 12.2. The summed E-state index contributed by atoms with van der Waals surface area (Å²) in [5.74, 6) is 0. The Kier molecular flexibility index (Phi) is 10.8. The van der Waals surface area contributed by atoms with Gasteiger partial charge in [0, 0.05) is 12.6 Å². The molecular formula is C18H29ClN2O4S. The lowest BCUT2D eigenvalue weighted by Crippen LogP contribution is -2.24. The quantitative estimate of drug-likeness (QED) is 0.253. The second-order valence-corrected chi connectivity index (χ2v) is 8.62. The van der Waals surface area contributed by atoms with Gasteiger partial charge in [-0.25, -0.2) is 13.1 Å². The monoisotopic (exact) mass is 404 g/mol. The number of benzene rings is 1. The summed E-state index contributed by atoms with van der Waals surface area (Å²) in [6.45, 7) is 2.54. The van der Waals surface area contributed by atoms with Gasteiger partial charge in [0.05, 0.1) is 9.82 Å². The molecule has 0 fully saturated rings. The fourth-order valence-corrected chi connectivity index (χ4v) is 3.98. The predicted molar refractivity (Wildman–Crippen MR) is 105 cm³/mol. The van der Waals surface area contributed by atoms with Crippen molar-refractivity contribution in [2.24, 2.45) is 0 Å². The Bertz CT molecular complexity index is 665. The van der Waals surface area contributed by atoms with Crippen LogP contribution in [0.4, 0.5) is 5.69 Å². The first-order chi connectivity index (χ1) is 12.4. The number of unbranched alkanes of at least 4 members (excludes halogenated alkanes) is 9. The minimum atomic E-state index is -3.76. The van der Waals surface area contributed by atoms with Crippen molar-refractivity contribution in [1.29, 1.82) is 0 Å². The molecule has 0 spiro atoms.